The molecule has 1 heterocycles. The summed E-state index contributed by atoms with van der Waals surface area (Å²) in [5, 5.41) is 0. The maximum atomic E-state index is 11.4. The van der Waals surface area contributed by atoms with E-state index >= 15 is 0 Å². The van der Waals surface area contributed by atoms with E-state index in [1.54, 1.807) is 13.8 Å². The van der Waals surface area contributed by atoms with E-state index in [-0.39, 0.29) is 11.7 Å². The number of Topliss-reactive ketones (excluding diaryl/α,β-unsaturated/α-hetero) is 1. The van der Waals surface area contributed by atoms with E-state index in [9.17, 15) is 4.79 Å². The molecule has 0 unspecified atom stereocenters. The van der Waals surface area contributed by atoms with Crippen LogP contribution in [-0.4, -0.2) is 10.8 Å². The smallest absolute Gasteiger partial charge is 0.202 e. The number of nitrogens with zero attached hydrogens (tertiary/aromatic N) is 1. The van der Waals surface area contributed by atoms with Crippen molar-refractivity contribution in [1.82, 2.24) is 4.98 Å². The van der Waals surface area contributed by atoms with Gasteiger partial charge in [0.25, 0.3) is 0 Å². The molecule has 0 N–H and O–H groups in total. The predicted octanol–water partition coefficient (Wildman–Crippen LogP) is 2.13. The summed E-state index contributed by atoms with van der Waals surface area (Å²) in [5.41, 5.74) is 0.686. The average molecular weight is 167 g/mol. The standard InChI is InChI=1S/C9H13NO2/c1-5(2)8(11)9-6(3)10-7(4)12-9/h5H,1-4H3. The molecule has 0 fully saturated rings. The van der Waals surface area contributed by atoms with Crippen LogP contribution in [0.4, 0.5) is 0 Å². The monoisotopic (exact) mass is 167 g/mol. The quantitative estimate of drug-likeness (QED) is 0.634. The number of carbonyl (C=O) groups is 1. The first-order valence-corrected chi connectivity index (χ1v) is 4.00. The number of hydrogen-bond donors (Lipinski definition) is 0. The number of rotatable bonds is 2. The molecular formula is C9H13NO2. The zero-order valence-corrected chi connectivity index (χ0v) is 7.84. The van der Waals surface area contributed by atoms with E-state index in [1.165, 1.54) is 0 Å². The van der Waals surface area contributed by atoms with Crippen molar-refractivity contribution >= 4 is 5.78 Å². The Balaban J connectivity index is 3.02. The number of aryl methyl sites for hydroxylation is 2. The van der Waals surface area contributed by atoms with Crippen LogP contribution >= 0.6 is 0 Å². The second-order valence-electron chi connectivity index (χ2n) is 3.17. The highest BCUT2D eigenvalue weighted by molar-refractivity contribution is 5.95. The number of ketones is 1. The van der Waals surface area contributed by atoms with Gasteiger partial charge in [0, 0.05) is 12.8 Å². The van der Waals surface area contributed by atoms with Crippen LogP contribution in [-0.2, 0) is 0 Å². The largest absolute Gasteiger partial charge is 0.438 e. The van der Waals surface area contributed by atoms with Gasteiger partial charge < -0.3 is 4.42 Å². The van der Waals surface area contributed by atoms with Crippen LogP contribution in [0.5, 0.6) is 0 Å². The van der Waals surface area contributed by atoms with Crippen LogP contribution in [0.2, 0.25) is 0 Å². The highest BCUT2D eigenvalue weighted by atomic mass is 16.4. The zero-order valence-electron chi connectivity index (χ0n) is 7.84. The summed E-state index contributed by atoms with van der Waals surface area (Å²) in [5.74, 6) is 0.947. The molecule has 0 spiro atoms. The molecule has 0 saturated heterocycles. The summed E-state index contributed by atoms with van der Waals surface area (Å²) in [6.45, 7) is 7.22. The highest BCUT2D eigenvalue weighted by Gasteiger charge is 2.18. The Hall–Kier alpha value is -1.12. The van der Waals surface area contributed by atoms with Crippen molar-refractivity contribution in [2.45, 2.75) is 27.7 Å². The molecule has 3 nitrogen and oxygen atoms in total. The third-order valence-corrected chi connectivity index (χ3v) is 1.65. The van der Waals surface area contributed by atoms with Crippen molar-refractivity contribution in [2.75, 3.05) is 0 Å². The summed E-state index contributed by atoms with van der Waals surface area (Å²) in [7, 11) is 0. The summed E-state index contributed by atoms with van der Waals surface area (Å²) in [6.07, 6.45) is 0. The third kappa shape index (κ3) is 1.55. The topological polar surface area (TPSA) is 43.1 Å². The Morgan fingerprint density at radius 2 is 2.00 bits per heavy atom. The number of hydrogen-bond acceptors (Lipinski definition) is 3. The van der Waals surface area contributed by atoms with E-state index in [1.807, 2.05) is 13.8 Å². The summed E-state index contributed by atoms with van der Waals surface area (Å²) in [4.78, 5) is 15.5. The molecule has 0 radical (unpaired) electrons. The minimum Gasteiger partial charge on any atom is -0.438 e. The molecule has 0 aliphatic rings. The van der Waals surface area contributed by atoms with Crippen LogP contribution in [0, 0.1) is 19.8 Å². The fourth-order valence-corrected chi connectivity index (χ4v) is 1.02. The Bertz CT molecular complexity index is 299. The van der Waals surface area contributed by atoms with Gasteiger partial charge in [-0.3, -0.25) is 4.79 Å². The van der Waals surface area contributed by atoms with E-state index in [4.69, 9.17) is 4.42 Å². The van der Waals surface area contributed by atoms with Crippen molar-refractivity contribution in [3.63, 3.8) is 0 Å². The van der Waals surface area contributed by atoms with E-state index < -0.39 is 0 Å². The van der Waals surface area contributed by atoms with Gasteiger partial charge in [0.1, 0.15) is 0 Å². The molecule has 3 heteroatoms. The van der Waals surface area contributed by atoms with E-state index in [0.29, 0.717) is 17.3 Å². The van der Waals surface area contributed by atoms with Crippen LogP contribution in [0.1, 0.15) is 36.0 Å². The first-order valence-electron chi connectivity index (χ1n) is 4.00. The van der Waals surface area contributed by atoms with Crippen LogP contribution in [0.15, 0.2) is 4.42 Å². The molecule has 12 heavy (non-hydrogen) atoms. The Morgan fingerprint density at radius 3 is 2.33 bits per heavy atom. The number of oxazole rings is 1. The summed E-state index contributed by atoms with van der Waals surface area (Å²) < 4.78 is 5.18. The molecule has 1 rings (SSSR count). The van der Waals surface area contributed by atoms with Crippen LogP contribution in [0.25, 0.3) is 0 Å². The average Bonchev–Trinajstić information content (AvgIpc) is 2.28. The zero-order chi connectivity index (χ0) is 9.30. The minimum absolute atomic E-state index is 0.0214. The van der Waals surface area contributed by atoms with Crippen molar-refractivity contribution < 1.29 is 9.21 Å². The molecule has 66 valence electrons. The fraction of sp³-hybridized carbons (Fsp3) is 0.556. The summed E-state index contributed by atoms with van der Waals surface area (Å²) in [6, 6.07) is 0. The van der Waals surface area contributed by atoms with Gasteiger partial charge in [-0.25, -0.2) is 4.98 Å². The van der Waals surface area contributed by atoms with Crippen LogP contribution in [0.3, 0.4) is 0 Å². The predicted molar refractivity (Wildman–Crippen MR) is 45.1 cm³/mol. The molecule has 1 aromatic rings. The molecule has 0 amide bonds. The fourth-order valence-electron chi connectivity index (χ4n) is 1.02. The summed E-state index contributed by atoms with van der Waals surface area (Å²) >= 11 is 0. The Labute approximate surface area is 71.8 Å². The molecule has 0 bridgehead atoms. The van der Waals surface area contributed by atoms with Gasteiger partial charge in [-0.1, -0.05) is 13.8 Å². The van der Waals surface area contributed by atoms with Crippen LogP contribution < -0.4 is 0 Å². The van der Waals surface area contributed by atoms with Crippen molar-refractivity contribution in [3.8, 4) is 0 Å². The Kier molecular flexibility index (Phi) is 2.31. The molecule has 0 aromatic carbocycles. The molecule has 0 aliphatic heterocycles. The lowest BCUT2D eigenvalue weighted by molar-refractivity contribution is 0.0909. The lowest BCUT2D eigenvalue weighted by atomic mass is 10.1. The van der Waals surface area contributed by atoms with Gasteiger partial charge in [0.15, 0.2) is 11.7 Å². The third-order valence-electron chi connectivity index (χ3n) is 1.65. The second kappa shape index (κ2) is 3.09. The van der Waals surface area contributed by atoms with Gasteiger partial charge in [-0.05, 0) is 6.92 Å². The van der Waals surface area contributed by atoms with Crippen molar-refractivity contribution in [3.05, 3.63) is 17.3 Å². The first kappa shape index (κ1) is 8.97. The Morgan fingerprint density at radius 1 is 1.42 bits per heavy atom. The van der Waals surface area contributed by atoms with E-state index in [2.05, 4.69) is 4.98 Å². The molecule has 0 saturated carbocycles. The molecule has 0 atom stereocenters. The van der Waals surface area contributed by atoms with Crippen molar-refractivity contribution in [1.29, 1.82) is 0 Å². The molecule has 0 aliphatic carbocycles. The normalized spacial score (nSPS) is 10.8. The second-order valence-corrected chi connectivity index (χ2v) is 3.17. The van der Waals surface area contributed by atoms with Gasteiger partial charge in [-0.15, -0.1) is 0 Å². The molecular weight excluding hydrogens is 154 g/mol. The highest BCUT2D eigenvalue weighted by Crippen LogP contribution is 2.14. The number of carbonyl (C=O) groups excluding carboxylic acids is 1. The maximum absolute atomic E-state index is 11.4. The minimum atomic E-state index is -0.0314. The lowest BCUT2D eigenvalue weighted by Crippen LogP contribution is -2.07. The van der Waals surface area contributed by atoms with Gasteiger partial charge in [0.05, 0.1) is 5.69 Å². The lowest BCUT2D eigenvalue weighted by Gasteiger charge is -1.99. The maximum Gasteiger partial charge on any atom is 0.202 e. The van der Waals surface area contributed by atoms with Crippen molar-refractivity contribution in [2.24, 2.45) is 5.92 Å². The van der Waals surface area contributed by atoms with E-state index in [0.717, 1.165) is 0 Å². The van der Waals surface area contributed by atoms with Gasteiger partial charge in [-0.2, -0.15) is 0 Å². The SMILES string of the molecule is Cc1nc(C)c(C(=O)C(C)C)o1. The number of aromatic nitrogens is 1. The van der Waals surface area contributed by atoms with Gasteiger partial charge in [0.2, 0.25) is 5.78 Å². The first-order chi connectivity index (χ1) is 5.52. The van der Waals surface area contributed by atoms with Gasteiger partial charge >= 0.3 is 0 Å². The molecule has 1 aromatic heterocycles.